The Morgan fingerprint density at radius 1 is 1.12 bits per heavy atom. The molecule has 0 aliphatic carbocycles. The van der Waals surface area contributed by atoms with E-state index in [-0.39, 0.29) is 5.91 Å². The third-order valence-electron chi connectivity index (χ3n) is 4.42. The van der Waals surface area contributed by atoms with Gasteiger partial charge in [-0.05, 0) is 31.2 Å². The van der Waals surface area contributed by atoms with Crippen molar-refractivity contribution in [3.63, 3.8) is 0 Å². The quantitative estimate of drug-likeness (QED) is 0.838. The highest BCUT2D eigenvalue weighted by atomic mass is 16.2. The van der Waals surface area contributed by atoms with Crippen molar-refractivity contribution < 1.29 is 4.79 Å². The maximum Gasteiger partial charge on any atom is 0.253 e. The predicted molar refractivity (Wildman–Crippen MR) is 100 cm³/mol. The van der Waals surface area contributed by atoms with E-state index in [1.807, 2.05) is 36.9 Å². The van der Waals surface area contributed by atoms with Crippen LogP contribution in [0, 0.1) is 18.3 Å². The van der Waals surface area contributed by atoms with Gasteiger partial charge in [0.2, 0.25) is 0 Å². The predicted octanol–water partition coefficient (Wildman–Crippen LogP) is 1.69. The summed E-state index contributed by atoms with van der Waals surface area (Å²) in [4.78, 5) is 27.6. The molecule has 0 bridgehead atoms. The Morgan fingerprint density at radius 2 is 1.77 bits per heavy atom. The number of rotatable bonds is 3. The summed E-state index contributed by atoms with van der Waals surface area (Å²) in [5, 5.41) is 8.86. The van der Waals surface area contributed by atoms with E-state index in [0.29, 0.717) is 24.2 Å². The lowest BCUT2D eigenvalue weighted by atomic mass is 10.1. The SMILES string of the molecule is Cc1nc(N(C)C)cc(N2CCN(C(=O)c3ccc(C#N)cc3)CC2)n1. The third kappa shape index (κ3) is 3.75. The molecule has 0 N–H and O–H groups in total. The Kier molecular flexibility index (Phi) is 5.03. The fourth-order valence-corrected chi connectivity index (χ4v) is 2.94. The molecular weight excluding hydrogens is 328 g/mol. The second-order valence-corrected chi connectivity index (χ2v) is 6.49. The smallest absolute Gasteiger partial charge is 0.253 e. The molecule has 7 nitrogen and oxygen atoms in total. The van der Waals surface area contributed by atoms with Crippen LogP contribution in [-0.2, 0) is 0 Å². The van der Waals surface area contributed by atoms with E-state index in [2.05, 4.69) is 20.9 Å². The number of carbonyl (C=O) groups excluding carboxylic acids is 1. The van der Waals surface area contributed by atoms with Crippen molar-refractivity contribution in [2.24, 2.45) is 0 Å². The molecule has 3 rings (SSSR count). The number of aromatic nitrogens is 2. The van der Waals surface area contributed by atoms with Gasteiger partial charge in [0, 0.05) is 51.9 Å². The van der Waals surface area contributed by atoms with Crippen molar-refractivity contribution in [2.75, 3.05) is 50.1 Å². The summed E-state index contributed by atoms with van der Waals surface area (Å²) >= 11 is 0. The van der Waals surface area contributed by atoms with Crippen LogP contribution in [0.1, 0.15) is 21.7 Å². The van der Waals surface area contributed by atoms with Crippen molar-refractivity contribution in [1.82, 2.24) is 14.9 Å². The normalized spacial score (nSPS) is 14.1. The standard InChI is InChI=1S/C19H22N6O/c1-14-21-17(23(2)3)12-18(22-14)24-8-10-25(11-9-24)19(26)16-6-4-15(13-20)5-7-16/h4-7,12H,8-11H2,1-3H3. The molecule has 2 aromatic rings. The number of nitrogens with zero attached hydrogens (tertiary/aromatic N) is 6. The van der Waals surface area contributed by atoms with E-state index in [1.165, 1.54) is 0 Å². The van der Waals surface area contributed by atoms with Gasteiger partial charge in [-0.2, -0.15) is 5.26 Å². The Morgan fingerprint density at radius 3 is 2.35 bits per heavy atom. The minimum atomic E-state index is 0.00184. The topological polar surface area (TPSA) is 76.4 Å². The van der Waals surface area contributed by atoms with E-state index >= 15 is 0 Å². The summed E-state index contributed by atoms with van der Waals surface area (Å²) < 4.78 is 0. The zero-order valence-corrected chi connectivity index (χ0v) is 15.3. The number of carbonyl (C=O) groups is 1. The molecule has 1 aromatic carbocycles. The first-order chi connectivity index (χ1) is 12.5. The summed E-state index contributed by atoms with van der Waals surface area (Å²) in [6.07, 6.45) is 0. The van der Waals surface area contributed by atoms with Gasteiger partial charge in [-0.3, -0.25) is 4.79 Å². The number of hydrogen-bond acceptors (Lipinski definition) is 6. The van der Waals surface area contributed by atoms with Crippen molar-refractivity contribution in [2.45, 2.75) is 6.92 Å². The molecule has 26 heavy (non-hydrogen) atoms. The van der Waals surface area contributed by atoms with Crippen molar-refractivity contribution in [3.8, 4) is 6.07 Å². The van der Waals surface area contributed by atoms with Gasteiger partial charge in [0.15, 0.2) is 0 Å². The Labute approximate surface area is 153 Å². The first-order valence-corrected chi connectivity index (χ1v) is 8.55. The van der Waals surface area contributed by atoms with E-state index in [1.54, 1.807) is 24.3 Å². The molecule has 1 saturated heterocycles. The van der Waals surface area contributed by atoms with E-state index < -0.39 is 0 Å². The maximum absolute atomic E-state index is 12.6. The number of piperazine rings is 1. The molecule has 0 atom stereocenters. The summed E-state index contributed by atoms with van der Waals surface area (Å²) in [5.74, 6) is 2.51. The maximum atomic E-state index is 12.6. The van der Waals surface area contributed by atoms with E-state index in [0.717, 1.165) is 30.5 Å². The second-order valence-electron chi connectivity index (χ2n) is 6.49. The molecule has 0 spiro atoms. The van der Waals surface area contributed by atoms with Crippen molar-refractivity contribution in [1.29, 1.82) is 5.26 Å². The zero-order chi connectivity index (χ0) is 18.7. The van der Waals surface area contributed by atoms with Gasteiger partial charge < -0.3 is 14.7 Å². The molecule has 1 amide bonds. The Bertz CT molecular complexity index is 832. The number of nitriles is 1. The molecule has 1 aromatic heterocycles. The molecule has 0 saturated carbocycles. The van der Waals surface area contributed by atoms with E-state index in [4.69, 9.17) is 5.26 Å². The van der Waals surface area contributed by atoms with Gasteiger partial charge in [-0.1, -0.05) is 0 Å². The van der Waals surface area contributed by atoms with Gasteiger partial charge in [0.1, 0.15) is 17.5 Å². The molecule has 2 heterocycles. The lowest BCUT2D eigenvalue weighted by Gasteiger charge is -2.35. The third-order valence-corrected chi connectivity index (χ3v) is 4.42. The number of amides is 1. The van der Waals surface area contributed by atoms with Gasteiger partial charge in [-0.25, -0.2) is 9.97 Å². The number of hydrogen-bond donors (Lipinski definition) is 0. The van der Waals surface area contributed by atoms with Gasteiger partial charge in [0.25, 0.3) is 5.91 Å². The van der Waals surface area contributed by atoms with Crippen LogP contribution in [0.15, 0.2) is 30.3 Å². The molecule has 7 heteroatoms. The molecule has 134 valence electrons. The van der Waals surface area contributed by atoms with Gasteiger partial charge >= 0.3 is 0 Å². The van der Waals surface area contributed by atoms with Crippen LogP contribution in [0.3, 0.4) is 0 Å². The van der Waals surface area contributed by atoms with Gasteiger partial charge in [0.05, 0.1) is 11.6 Å². The number of benzene rings is 1. The van der Waals surface area contributed by atoms with Crippen LogP contribution >= 0.6 is 0 Å². The molecule has 1 fully saturated rings. The van der Waals surface area contributed by atoms with Crippen LogP contribution in [-0.4, -0.2) is 61.0 Å². The monoisotopic (exact) mass is 350 g/mol. The van der Waals surface area contributed by atoms with Crippen LogP contribution < -0.4 is 9.80 Å². The highest BCUT2D eigenvalue weighted by Gasteiger charge is 2.23. The molecule has 1 aliphatic heterocycles. The van der Waals surface area contributed by atoms with E-state index in [9.17, 15) is 4.79 Å². The first-order valence-electron chi connectivity index (χ1n) is 8.55. The molecule has 0 unspecified atom stereocenters. The van der Waals surface area contributed by atoms with Crippen LogP contribution in [0.2, 0.25) is 0 Å². The van der Waals surface area contributed by atoms with Gasteiger partial charge in [-0.15, -0.1) is 0 Å². The first kappa shape index (κ1) is 17.7. The fraction of sp³-hybridized carbons (Fsp3) is 0.368. The highest BCUT2D eigenvalue weighted by Crippen LogP contribution is 2.20. The largest absolute Gasteiger partial charge is 0.363 e. The summed E-state index contributed by atoms with van der Waals surface area (Å²) in [5.41, 5.74) is 1.17. The fourth-order valence-electron chi connectivity index (χ4n) is 2.94. The molecule has 0 radical (unpaired) electrons. The van der Waals surface area contributed by atoms with Crippen LogP contribution in [0.5, 0.6) is 0 Å². The number of aryl methyl sites for hydroxylation is 1. The summed E-state index contributed by atoms with van der Waals surface area (Å²) in [6, 6.07) is 10.8. The van der Waals surface area contributed by atoms with Crippen molar-refractivity contribution >= 4 is 17.5 Å². The Balaban J connectivity index is 1.67. The molecular formula is C19H22N6O. The van der Waals surface area contributed by atoms with Crippen molar-refractivity contribution in [3.05, 3.63) is 47.3 Å². The second kappa shape index (κ2) is 7.40. The highest BCUT2D eigenvalue weighted by molar-refractivity contribution is 5.94. The summed E-state index contributed by atoms with van der Waals surface area (Å²) in [7, 11) is 3.92. The van der Waals surface area contributed by atoms with Crippen LogP contribution in [0.25, 0.3) is 0 Å². The minimum Gasteiger partial charge on any atom is -0.363 e. The Hall–Kier alpha value is -3.14. The van der Waals surface area contributed by atoms with Crippen LogP contribution in [0.4, 0.5) is 11.6 Å². The lowest BCUT2D eigenvalue weighted by Crippen LogP contribution is -2.49. The number of anilines is 2. The lowest BCUT2D eigenvalue weighted by molar-refractivity contribution is 0.0746. The minimum absolute atomic E-state index is 0.00184. The average molecular weight is 350 g/mol. The molecule has 1 aliphatic rings. The zero-order valence-electron chi connectivity index (χ0n) is 15.3. The summed E-state index contributed by atoms with van der Waals surface area (Å²) in [6.45, 7) is 4.62. The average Bonchev–Trinajstić information content (AvgIpc) is 2.67.